The van der Waals surface area contributed by atoms with Crippen LogP contribution >= 0.6 is 0 Å². The molecule has 0 unspecified atom stereocenters. The van der Waals surface area contributed by atoms with E-state index in [1.54, 1.807) is 16.7 Å². The highest BCUT2D eigenvalue weighted by Gasteiger charge is 2.24. The number of nitrogens with zero attached hydrogens (tertiary/aromatic N) is 2. The van der Waals surface area contributed by atoms with E-state index in [9.17, 15) is 9.59 Å². The molecule has 1 aliphatic rings. The molecule has 1 fully saturated rings. The highest BCUT2D eigenvalue weighted by Crippen LogP contribution is 2.06. The van der Waals surface area contributed by atoms with E-state index in [0.717, 1.165) is 5.56 Å². The minimum atomic E-state index is -0.304. The fraction of sp³-hybridized carbons (Fsp3) is 0.500. The Morgan fingerprint density at radius 1 is 1.09 bits per heavy atom. The molecular weight excluding hydrogens is 282 g/mol. The van der Waals surface area contributed by atoms with Crippen molar-refractivity contribution in [3.63, 3.8) is 0 Å². The molecule has 0 atom stereocenters. The van der Waals surface area contributed by atoms with Gasteiger partial charge >= 0.3 is 12.1 Å². The van der Waals surface area contributed by atoms with Gasteiger partial charge in [-0.2, -0.15) is 0 Å². The van der Waals surface area contributed by atoms with Crippen molar-refractivity contribution in [3.05, 3.63) is 35.4 Å². The van der Waals surface area contributed by atoms with Gasteiger partial charge in [0, 0.05) is 32.7 Å². The van der Waals surface area contributed by atoms with Gasteiger partial charge in [0.25, 0.3) is 0 Å². The molecule has 2 rings (SSSR count). The fourth-order valence-corrected chi connectivity index (χ4v) is 2.30. The number of carbonyl (C=O) groups is 2. The van der Waals surface area contributed by atoms with Crippen molar-refractivity contribution in [2.45, 2.75) is 20.4 Å². The monoisotopic (exact) mass is 305 g/mol. The highest BCUT2D eigenvalue weighted by molar-refractivity contribution is 5.75. The second-order valence-electron chi connectivity index (χ2n) is 5.32. The number of hydrogen-bond donors (Lipinski definition) is 1. The van der Waals surface area contributed by atoms with Crippen LogP contribution in [0.2, 0.25) is 0 Å². The minimum Gasteiger partial charge on any atom is -0.450 e. The number of urea groups is 1. The third-order valence-electron chi connectivity index (χ3n) is 3.66. The van der Waals surface area contributed by atoms with Crippen LogP contribution < -0.4 is 5.32 Å². The maximum Gasteiger partial charge on any atom is 0.409 e. The van der Waals surface area contributed by atoms with Crippen molar-refractivity contribution in [2.75, 3.05) is 32.8 Å². The Kier molecular flexibility index (Phi) is 5.63. The van der Waals surface area contributed by atoms with Crippen molar-refractivity contribution in [1.82, 2.24) is 15.1 Å². The van der Waals surface area contributed by atoms with Gasteiger partial charge < -0.3 is 19.9 Å². The molecule has 1 aromatic carbocycles. The van der Waals surface area contributed by atoms with Crippen LogP contribution in [0.1, 0.15) is 18.1 Å². The van der Waals surface area contributed by atoms with Gasteiger partial charge in [0.05, 0.1) is 6.61 Å². The summed E-state index contributed by atoms with van der Waals surface area (Å²) in [6, 6.07) is 7.98. The molecule has 6 heteroatoms. The van der Waals surface area contributed by atoms with Gasteiger partial charge in [0.1, 0.15) is 0 Å². The van der Waals surface area contributed by atoms with E-state index in [1.807, 2.05) is 31.2 Å². The Hall–Kier alpha value is -2.24. The molecular formula is C16H23N3O3. The van der Waals surface area contributed by atoms with Gasteiger partial charge in [-0.25, -0.2) is 9.59 Å². The van der Waals surface area contributed by atoms with Crippen molar-refractivity contribution >= 4 is 12.1 Å². The Morgan fingerprint density at radius 2 is 1.68 bits per heavy atom. The van der Waals surface area contributed by atoms with Gasteiger partial charge in [-0.3, -0.25) is 0 Å². The highest BCUT2D eigenvalue weighted by atomic mass is 16.6. The van der Waals surface area contributed by atoms with E-state index < -0.39 is 0 Å². The molecule has 0 bridgehead atoms. The van der Waals surface area contributed by atoms with Crippen LogP contribution in [0.3, 0.4) is 0 Å². The lowest BCUT2D eigenvalue weighted by atomic mass is 10.1. The predicted molar refractivity (Wildman–Crippen MR) is 83.6 cm³/mol. The van der Waals surface area contributed by atoms with Gasteiger partial charge in [-0.1, -0.05) is 29.8 Å². The van der Waals surface area contributed by atoms with Gasteiger partial charge in [-0.15, -0.1) is 0 Å². The molecule has 0 spiro atoms. The van der Waals surface area contributed by atoms with Crippen molar-refractivity contribution in [2.24, 2.45) is 0 Å². The molecule has 3 amide bonds. The van der Waals surface area contributed by atoms with Crippen LogP contribution in [0.4, 0.5) is 9.59 Å². The first kappa shape index (κ1) is 16.1. The topological polar surface area (TPSA) is 61.9 Å². The smallest absolute Gasteiger partial charge is 0.409 e. The fourth-order valence-electron chi connectivity index (χ4n) is 2.30. The number of ether oxygens (including phenoxy) is 1. The molecule has 1 N–H and O–H groups in total. The molecule has 120 valence electrons. The normalized spacial score (nSPS) is 14.6. The van der Waals surface area contributed by atoms with Gasteiger partial charge in [0.15, 0.2) is 0 Å². The lowest BCUT2D eigenvalue weighted by Gasteiger charge is -2.34. The number of nitrogens with one attached hydrogen (secondary N) is 1. The Bertz CT molecular complexity index is 508. The SMILES string of the molecule is CCOC(=O)N1CCN(C(=O)NCc2ccc(C)cc2)CC1. The maximum absolute atomic E-state index is 12.1. The minimum absolute atomic E-state index is 0.0934. The summed E-state index contributed by atoms with van der Waals surface area (Å²) in [5.74, 6) is 0. The number of piperazine rings is 1. The third kappa shape index (κ3) is 4.38. The number of aryl methyl sites for hydroxylation is 1. The van der Waals surface area contributed by atoms with E-state index in [4.69, 9.17) is 4.74 Å². The van der Waals surface area contributed by atoms with Crippen LogP contribution in [0.15, 0.2) is 24.3 Å². The van der Waals surface area contributed by atoms with Crippen molar-refractivity contribution < 1.29 is 14.3 Å². The average molecular weight is 305 g/mol. The van der Waals surface area contributed by atoms with E-state index in [2.05, 4.69) is 5.32 Å². The molecule has 0 radical (unpaired) electrons. The number of carbonyl (C=O) groups excluding carboxylic acids is 2. The summed E-state index contributed by atoms with van der Waals surface area (Å²) in [4.78, 5) is 27.1. The Balaban J connectivity index is 1.75. The summed E-state index contributed by atoms with van der Waals surface area (Å²) in [5, 5.41) is 2.91. The molecule has 6 nitrogen and oxygen atoms in total. The van der Waals surface area contributed by atoms with Crippen LogP contribution in [-0.2, 0) is 11.3 Å². The number of hydrogen-bond acceptors (Lipinski definition) is 3. The first-order valence-corrected chi connectivity index (χ1v) is 7.60. The van der Waals surface area contributed by atoms with E-state index in [1.165, 1.54) is 5.56 Å². The van der Waals surface area contributed by atoms with E-state index in [0.29, 0.717) is 39.3 Å². The van der Waals surface area contributed by atoms with Crippen LogP contribution in [-0.4, -0.2) is 54.7 Å². The molecule has 1 aliphatic heterocycles. The van der Waals surface area contributed by atoms with E-state index >= 15 is 0 Å². The van der Waals surface area contributed by atoms with E-state index in [-0.39, 0.29) is 12.1 Å². The predicted octanol–water partition coefficient (Wildman–Crippen LogP) is 1.98. The van der Waals surface area contributed by atoms with Crippen molar-refractivity contribution in [1.29, 1.82) is 0 Å². The number of rotatable bonds is 3. The van der Waals surface area contributed by atoms with Crippen LogP contribution in [0.25, 0.3) is 0 Å². The first-order valence-electron chi connectivity index (χ1n) is 7.60. The average Bonchev–Trinajstić information content (AvgIpc) is 2.54. The summed E-state index contributed by atoms with van der Waals surface area (Å²) < 4.78 is 4.96. The zero-order valence-electron chi connectivity index (χ0n) is 13.2. The summed E-state index contributed by atoms with van der Waals surface area (Å²) in [6.07, 6.45) is -0.304. The number of amides is 3. The molecule has 1 heterocycles. The maximum atomic E-state index is 12.1. The second-order valence-corrected chi connectivity index (χ2v) is 5.32. The molecule has 22 heavy (non-hydrogen) atoms. The zero-order valence-corrected chi connectivity index (χ0v) is 13.2. The Morgan fingerprint density at radius 3 is 2.27 bits per heavy atom. The van der Waals surface area contributed by atoms with Gasteiger partial charge in [0.2, 0.25) is 0 Å². The molecule has 0 aliphatic carbocycles. The Labute approximate surface area is 131 Å². The molecule has 0 saturated carbocycles. The van der Waals surface area contributed by atoms with Crippen molar-refractivity contribution in [3.8, 4) is 0 Å². The standard InChI is InChI=1S/C16H23N3O3/c1-3-22-16(21)19-10-8-18(9-11-19)15(20)17-12-14-6-4-13(2)5-7-14/h4-7H,3,8-12H2,1-2H3,(H,17,20). The van der Waals surface area contributed by atoms with Crippen LogP contribution in [0, 0.1) is 6.92 Å². The quantitative estimate of drug-likeness (QED) is 0.929. The number of benzene rings is 1. The molecule has 1 aromatic rings. The second kappa shape index (κ2) is 7.68. The summed E-state index contributed by atoms with van der Waals surface area (Å²) in [6.45, 7) is 6.77. The first-order chi connectivity index (χ1) is 10.6. The summed E-state index contributed by atoms with van der Waals surface area (Å²) in [5.41, 5.74) is 2.27. The van der Waals surface area contributed by atoms with Crippen LogP contribution in [0.5, 0.6) is 0 Å². The zero-order chi connectivity index (χ0) is 15.9. The third-order valence-corrected chi connectivity index (χ3v) is 3.66. The lowest BCUT2D eigenvalue weighted by Crippen LogP contribution is -2.53. The molecule has 0 aromatic heterocycles. The summed E-state index contributed by atoms with van der Waals surface area (Å²) >= 11 is 0. The molecule has 1 saturated heterocycles. The lowest BCUT2D eigenvalue weighted by molar-refractivity contribution is 0.0851. The largest absolute Gasteiger partial charge is 0.450 e. The van der Waals surface area contributed by atoms with Gasteiger partial charge in [-0.05, 0) is 19.4 Å². The summed E-state index contributed by atoms with van der Waals surface area (Å²) in [7, 11) is 0.